The fourth-order valence-electron chi connectivity index (χ4n) is 3.75. The monoisotopic (exact) mass is 600 g/mol. The van der Waals surface area contributed by atoms with Crippen LogP contribution in [0.4, 0.5) is 5.00 Å². The molecule has 0 fully saturated rings. The van der Waals surface area contributed by atoms with Gasteiger partial charge in [0, 0.05) is 22.0 Å². The molecule has 1 unspecified atom stereocenters. The predicted molar refractivity (Wildman–Crippen MR) is 149 cm³/mol. The highest BCUT2D eigenvalue weighted by Gasteiger charge is 2.25. The van der Waals surface area contributed by atoms with Crippen molar-refractivity contribution in [2.24, 2.45) is 7.05 Å². The van der Waals surface area contributed by atoms with E-state index in [9.17, 15) is 9.59 Å². The molecule has 4 rings (SSSR count). The maximum absolute atomic E-state index is 12.9. The van der Waals surface area contributed by atoms with Crippen molar-refractivity contribution in [2.45, 2.75) is 25.1 Å². The molecule has 1 amide bonds. The summed E-state index contributed by atoms with van der Waals surface area (Å²) in [6.45, 7) is 3.81. The van der Waals surface area contributed by atoms with Crippen molar-refractivity contribution in [3.05, 3.63) is 75.3 Å². The van der Waals surface area contributed by atoms with Crippen molar-refractivity contribution in [1.29, 1.82) is 0 Å². The lowest BCUT2D eigenvalue weighted by molar-refractivity contribution is -0.113. The van der Waals surface area contributed by atoms with Crippen LogP contribution in [0.5, 0.6) is 5.75 Å². The van der Waals surface area contributed by atoms with Crippen LogP contribution in [0, 0.1) is 6.92 Å². The summed E-state index contributed by atoms with van der Waals surface area (Å²) in [4.78, 5) is 26.4. The summed E-state index contributed by atoms with van der Waals surface area (Å²) >= 11 is 6.01. The number of ether oxygens (including phenoxy) is 2. The fraction of sp³-hybridized carbons (Fsp3) is 0.231. The number of thiophene rings is 1. The van der Waals surface area contributed by atoms with E-state index in [4.69, 9.17) is 9.47 Å². The molecule has 0 spiro atoms. The number of methoxy groups -OCH3 is 1. The number of hydrogen-bond donors (Lipinski definition) is 1. The van der Waals surface area contributed by atoms with Crippen LogP contribution < -0.4 is 10.1 Å². The first-order chi connectivity index (χ1) is 17.8. The van der Waals surface area contributed by atoms with Crippen LogP contribution in [-0.4, -0.2) is 39.5 Å². The van der Waals surface area contributed by atoms with Gasteiger partial charge >= 0.3 is 5.97 Å². The van der Waals surface area contributed by atoms with Gasteiger partial charge in [0.15, 0.2) is 17.1 Å². The summed E-state index contributed by atoms with van der Waals surface area (Å²) in [6, 6.07) is 17.1. The SMILES string of the molecule is COC(=O)c1c(NC(=O)CSc2nnc(C(C)Oc3ccc(Br)cc3)n2C)sc(C)c1-c1ccccc1. The Morgan fingerprint density at radius 2 is 1.84 bits per heavy atom. The predicted octanol–water partition coefficient (Wildman–Crippen LogP) is 6.27. The quantitative estimate of drug-likeness (QED) is 0.178. The summed E-state index contributed by atoms with van der Waals surface area (Å²) in [7, 11) is 3.17. The number of thioether (sulfide) groups is 1. The van der Waals surface area contributed by atoms with Crippen LogP contribution in [0.15, 0.2) is 64.2 Å². The third-order valence-electron chi connectivity index (χ3n) is 5.48. The lowest BCUT2D eigenvalue weighted by Gasteiger charge is -2.14. The molecule has 1 atom stereocenters. The van der Waals surface area contributed by atoms with E-state index in [0.29, 0.717) is 21.5 Å². The number of hydrogen-bond acceptors (Lipinski definition) is 8. The lowest BCUT2D eigenvalue weighted by Crippen LogP contribution is -2.16. The molecular weight excluding hydrogens is 576 g/mol. The first kappa shape index (κ1) is 26.9. The van der Waals surface area contributed by atoms with E-state index in [1.165, 1.54) is 30.2 Å². The highest BCUT2D eigenvalue weighted by atomic mass is 79.9. The van der Waals surface area contributed by atoms with Crippen molar-refractivity contribution in [3.63, 3.8) is 0 Å². The van der Waals surface area contributed by atoms with Crippen molar-refractivity contribution in [1.82, 2.24) is 14.8 Å². The first-order valence-electron chi connectivity index (χ1n) is 11.3. The van der Waals surface area contributed by atoms with Crippen LogP contribution >= 0.6 is 39.0 Å². The highest BCUT2D eigenvalue weighted by molar-refractivity contribution is 9.10. The molecule has 2 aromatic carbocycles. The lowest BCUT2D eigenvalue weighted by atomic mass is 10.0. The van der Waals surface area contributed by atoms with Crippen LogP contribution in [0.2, 0.25) is 0 Å². The zero-order valence-electron chi connectivity index (χ0n) is 20.6. The van der Waals surface area contributed by atoms with E-state index >= 15 is 0 Å². The second-order valence-electron chi connectivity index (χ2n) is 8.05. The molecule has 4 aromatic rings. The molecule has 0 aliphatic carbocycles. The average Bonchev–Trinajstić information content (AvgIpc) is 3.42. The number of nitrogens with zero attached hydrogens (tertiary/aromatic N) is 3. The summed E-state index contributed by atoms with van der Waals surface area (Å²) in [5.74, 6) is 0.685. The average molecular weight is 602 g/mol. The van der Waals surface area contributed by atoms with E-state index in [1.807, 2.05) is 80.1 Å². The fourth-order valence-corrected chi connectivity index (χ4v) is 5.81. The molecule has 0 bridgehead atoms. The maximum Gasteiger partial charge on any atom is 0.341 e. The Balaban J connectivity index is 1.44. The minimum atomic E-state index is -0.496. The van der Waals surface area contributed by atoms with Crippen LogP contribution in [0.1, 0.15) is 34.1 Å². The Labute approximate surface area is 231 Å². The van der Waals surface area contributed by atoms with Gasteiger partial charge in [-0.2, -0.15) is 0 Å². The van der Waals surface area contributed by atoms with Gasteiger partial charge in [0.2, 0.25) is 5.91 Å². The van der Waals surface area contributed by atoms with Gasteiger partial charge in [0.05, 0.1) is 12.9 Å². The van der Waals surface area contributed by atoms with Gasteiger partial charge in [-0.05, 0) is 43.7 Å². The molecule has 2 aromatic heterocycles. The minimum Gasteiger partial charge on any atom is -0.483 e. The Bertz CT molecular complexity index is 1400. The van der Waals surface area contributed by atoms with E-state index in [0.717, 1.165) is 26.2 Å². The molecule has 1 N–H and O–H groups in total. The number of carbonyl (C=O) groups is 2. The van der Waals surface area contributed by atoms with Crippen molar-refractivity contribution < 1.29 is 19.1 Å². The van der Waals surface area contributed by atoms with Gasteiger partial charge < -0.3 is 19.4 Å². The van der Waals surface area contributed by atoms with Crippen molar-refractivity contribution in [3.8, 4) is 16.9 Å². The standard InChI is InChI=1S/C26H25BrN4O4S2/c1-15(35-19-12-10-18(27)11-13-19)23-29-30-26(31(23)3)36-14-20(32)28-24-22(25(33)34-4)21(16(2)37-24)17-8-6-5-7-9-17/h5-13,15H,14H2,1-4H3,(H,28,32). The van der Waals surface area contributed by atoms with Crippen LogP contribution in [-0.2, 0) is 16.6 Å². The summed E-state index contributed by atoms with van der Waals surface area (Å²) in [6.07, 6.45) is -0.338. The topological polar surface area (TPSA) is 95.3 Å². The minimum absolute atomic E-state index is 0.0894. The smallest absolute Gasteiger partial charge is 0.341 e. The molecule has 0 radical (unpaired) electrons. The zero-order chi connectivity index (χ0) is 26.5. The van der Waals surface area contributed by atoms with E-state index in [1.54, 1.807) is 0 Å². The molecule has 192 valence electrons. The Morgan fingerprint density at radius 1 is 1.14 bits per heavy atom. The molecule has 37 heavy (non-hydrogen) atoms. The molecule has 0 aliphatic rings. The number of nitrogens with one attached hydrogen (secondary N) is 1. The zero-order valence-corrected chi connectivity index (χ0v) is 23.9. The number of anilines is 1. The van der Waals surface area contributed by atoms with Gasteiger partial charge in [-0.1, -0.05) is 58.0 Å². The normalized spacial score (nSPS) is 11.7. The van der Waals surface area contributed by atoms with Crippen LogP contribution in [0.3, 0.4) is 0 Å². The third-order valence-corrected chi connectivity index (χ3v) is 8.05. The molecule has 2 heterocycles. The van der Waals surface area contributed by atoms with Gasteiger partial charge in [-0.25, -0.2) is 4.79 Å². The molecule has 0 aliphatic heterocycles. The summed E-state index contributed by atoms with van der Waals surface area (Å²) in [5, 5.41) is 12.4. The number of rotatable bonds is 9. The van der Waals surface area contributed by atoms with Gasteiger partial charge in [-0.15, -0.1) is 21.5 Å². The second-order valence-corrected chi connectivity index (χ2v) is 11.1. The molecule has 0 saturated heterocycles. The van der Waals surface area contributed by atoms with E-state index < -0.39 is 5.97 Å². The van der Waals surface area contributed by atoms with Crippen molar-refractivity contribution >= 4 is 55.9 Å². The Morgan fingerprint density at radius 3 is 2.51 bits per heavy atom. The molecule has 11 heteroatoms. The number of amides is 1. The maximum atomic E-state index is 12.9. The van der Waals surface area contributed by atoms with Gasteiger partial charge in [-0.3, -0.25) is 4.79 Å². The number of carbonyl (C=O) groups excluding carboxylic acids is 2. The Hall–Kier alpha value is -3.15. The van der Waals surface area contributed by atoms with Crippen molar-refractivity contribution in [2.75, 3.05) is 18.2 Å². The second kappa shape index (κ2) is 11.9. The van der Waals surface area contributed by atoms with E-state index in [2.05, 4.69) is 31.4 Å². The number of esters is 1. The largest absolute Gasteiger partial charge is 0.483 e. The third kappa shape index (κ3) is 6.23. The molecular formula is C26H25BrN4O4S2. The van der Waals surface area contributed by atoms with Gasteiger partial charge in [0.1, 0.15) is 16.3 Å². The Kier molecular flexibility index (Phi) is 8.67. The summed E-state index contributed by atoms with van der Waals surface area (Å²) < 4.78 is 13.8. The molecule has 0 saturated carbocycles. The summed E-state index contributed by atoms with van der Waals surface area (Å²) in [5.41, 5.74) is 2.00. The number of benzene rings is 2. The van der Waals surface area contributed by atoms with Gasteiger partial charge in [0.25, 0.3) is 0 Å². The van der Waals surface area contributed by atoms with E-state index in [-0.39, 0.29) is 17.8 Å². The first-order valence-corrected chi connectivity index (χ1v) is 13.9. The number of aromatic nitrogens is 3. The molecule has 8 nitrogen and oxygen atoms in total. The highest BCUT2D eigenvalue weighted by Crippen LogP contribution is 2.40. The number of halogens is 1. The van der Waals surface area contributed by atoms with Crippen LogP contribution in [0.25, 0.3) is 11.1 Å². The number of aryl methyl sites for hydroxylation is 1.